The van der Waals surface area contributed by atoms with Gasteiger partial charge in [-0.1, -0.05) is 6.08 Å². The first kappa shape index (κ1) is 11.6. The predicted molar refractivity (Wildman–Crippen MR) is 59.9 cm³/mol. The van der Waals surface area contributed by atoms with Gasteiger partial charge in [-0.3, -0.25) is 4.90 Å². The highest BCUT2D eigenvalue weighted by Gasteiger charge is 2.38. The van der Waals surface area contributed by atoms with E-state index in [1.54, 1.807) is 6.92 Å². The molecule has 2 rings (SSSR count). The Balaban J connectivity index is 1.99. The summed E-state index contributed by atoms with van der Waals surface area (Å²) in [6, 6.07) is 0.818. The van der Waals surface area contributed by atoms with E-state index in [1.807, 2.05) is 6.08 Å². The minimum Gasteiger partial charge on any atom is -0.460 e. The third kappa shape index (κ3) is 2.13. The standard InChI is InChI=1S/C12H19NO3/c1-8(14)7-16-12(15)10-5-3-9-4-6-11(10)13(9)2/h5,8-9,11,14H,3-4,6-7H2,1-2H3/t8?,9-,11+/m0/s1. The fraction of sp³-hybridized carbons (Fsp3) is 0.750. The molecule has 0 aliphatic carbocycles. The number of hydrogen-bond donors (Lipinski definition) is 1. The molecular weight excluding hydrogens is 206 g/mol. The Morgan fingerprint density at radius 2 is 2.44 bits per heavy atom. The zero-order valence-electron chi connectivity index (χ0n) is 9.85. The minimum atomic E-state index is -0.595. The maximum Gasteiger partial charge on any atom is 0.335 e. The first-order valence-corrected chi connectivity index (χ1v) is 5.86. The van der Waals surface area contributed by atoms with Crippen LogP contribution in [-0.4, -0.2) is 47.8 Å². The summed E-state index contributed by atoms with van der Waals surface area (Å²) in [6.45, 7) is 1.69. The molecule has 4 heteroatoms. The van der Waals surface area contributed by atoms with Crippen molar-refractivity contribution in [3.8, 4) is 0 Å². The van der Waals surface area contributed by atoms with E-state index < -0.39 is 6.10 Å². The van der Waals surface area contributed by atoms with Crippen LogP contribution < -0.4 is 0 Å². The van der Waals surface area contributed by atoms with Crippen LogP contribution in [0.3, 0.4) is 0 Å². The highest BCUT2D eigenvalue weighted by molar-refractivity contribution is 5.90. The zero-order chi connectivity index (χ0) is 11.7. The maximum atomic E-state index is 11.8. The van der Waals surface area contributed by atoms with Gasteiger partial charge in [0.05, 0.1) is 11.7 Å². The second kappa shape index (κ2) is 4.55. The third-order valence-electron chi connectivity index (χ3n) is 3.50. The van der Waals surface area contributed by atoms with Crippen LogP contribution in [0.15, 0.2) is 11.6 Å². The Kier molecular flexibility index (Phi) is 3.30. The summed E-state index contributed by atoms with van der Waals surface area (Å²) < 4.78 is 5.06. The summed E-state index contributed by atoms with van der Waals surface area (Å²) in [7, 11) is 2.07. The van der Waals surface area contributed by atoms with E-state index in [0.29, 0.717) is 6.04 Å². The Morgan fingerprint density at radius 3 is 3.12 bits per heavy atom. The van der Waals surface area contributed by atoms with Gasteiger partial charge in [-0.15, -0.1) is 0 Å². The topological polar surface area (TPSA) is 49.8 Å². The number of aliphatic hydroxyl groups excluding tert-OH is 1. The molecule has 0 saturated carbocycles. The normalized spacial score (nSPS) is 31.1. The van der Waals surface area contributed by atoms with Gasteiger partial charge in [0, 0.05) is 12.1 Å². The maximum absolute atomic E-state index is 11.8. The van der Waals surface area contributed by atoms with E-state index in [0.717, 1.165) is 24.8 Å². The van der Waals surface area contributed by atoms with Gasteiger partial charge >= 0.3 is 5.97 Å². The molecule has 2 bridgehead atoms. The number of carbonyl (C=O) groups is 1. The molecular formula is C12H19NO3. The van der Waals surface area contributed by atoms with Crippen LogP contribution in [0.1, 0.15) is 26.2 Å². The third-order valence-corrected chi connectivity index (χ3v) is 3.50. The van der Waals surface area contributed by atoms with Crippen LogP contribution >= 0.6 is 0 Å². The van der Waals surface area contributed by atoms with E-state index in [-0.39, 0.29) is 18.6 Å². The molecule has 2 heterocycles. The molecule has 0 radical (unpaired) electrons. The number of fused-ring (bicyclic) bond motifs is 2. The zero-order valence-corrected chi connectivity index (χ0v) is 9.85. The monoisotopic (exact) mass is 225 g/mol. The second-order valence-corrected chi connectivity index (χ2v) is 4.76. The van der Waals surface area contributed by atoms with Crippen molar-refractivity contribution in [1.29, 1.82) is 0 Å². The van der Waals surface area contributed by atoms with Crippen LogP contribution in [0.4, 0.5) is 0 Å². The van der Waals surface area contributed by atoms with E-state index >= 15 is 0 Å². The smallest absolute Gasteiger partial charge is 0.335 e. The van der Waals surface area contributed by atoms with Crippen molar-refractivity contribution >= 4 is 5.97 Å². The lowest BCUT2D eigenvalue weighted by atomic mass is 10.0. The van der Waals surface area contributed by atoms with Crippen molar-refractivity contribution in [1.82, 2.24) is 4.90 Å². The van der Waals surface area contributed by atoms with Crippen molar-refractivity contribution in [2.75, 3.05) is 13.7 Å². The summed E-state index contributed by atoms with van der Waals surface area (Å²) in [6.07, 6.45) is 4.54. The molecule has 4 nitrogen and oxygen atoms in total. The number of rotatable bonds is 3. The average molecular weight is 225 g/mol. The van der Waals surface area contributed by atoms with Crippen molar-refractivity contribution < 1.29 is 14.6 Å². The second-order valence-electron chi connectivity index (χ2n) is 4.76. The van der Waals surface area contributed by atoms with Crippen LogP contribution in [0, 0.1) is 0 Å². The lowest BCUT2D eigenvalue weighted by Gasteiger charge is -2.30. The first-order chi connectivity index (χ1) is 7.59. The number of hydrogen-bond acceptors (Lipinski definition) is 4. The number of ether oxygens (including phenoxy) is 1. The molecule has 0 aromatic heterocycles. The number of aliphatic hydroxyl groups is 1. The fourth-order valence-electron chi connectivity index (χ4n) is 2.57. The first-order valence-electron chi connectivity index (χ1n) is 5.86. The Morgan fingerprint density at radius 1 is 1.69 bits per heavy atom. The molecule has 16 heavy (non-hydrogen) atoms. The fourth-order valence-corrected chi connectivity index (χ4v) is 2.57. The molecule has 0 amide bonds. The summed E-state index contributed by atoms with van der Waals surface area (Å²) in [5, 5.41) is 9.08. The van der Waals surface area contributed by atoms with Crippen LogP contribution in [0.5, 0.6) is 0 Å². The molecule has 0 aromatic rings. The lowest BCUT2D eigenvalue weighted by molar-refractivity contribution is -0.142. The molecule has 90 valence electrons. The van der Waals surface area contributed by atoms with Crippen LogP contribution in [0.25, 0.3) is 0 Å². The predicted octanol–water partition coefficient (Wildman–Crippen LogP) is 0.703. The quantitative estimate of drug-likeness (QED) is 0.718. The van der Waals surface area contributed by atoms with Gasteiger partial charge in [-0.05, 0) is 33.2 Å². The van der Waals surface area contributed by atoms with Gasteiger partial charge in [0.15, 0.2) is 0 Å². The van der Waals surface area contributed by atoms with Gasteiger partial charge in [-0.25, -0.2) is 4.79 Å². The summed E-state index contributed by atoms with van der Waals surface area (Å²) in [5.41, 5.74) is 0.775. The van der Waals surface area contributed by atoms with Crippen molar-refractivity contribution in [3.05, 3.63) is 11.6 Å². The van der Waals surface area contributed by atoms with E-state index in [1.165, 1.54) is 0 Å². The van der Waals surface area contributed by atoms with E-state index in [2.05, 4.69) is 11.9 Å². The van der Waals surface area contributed by atoms with Gasteiger partial charge in [-0.2, -0.15) is 0 Å². The molecule has 1 fully saturated rings. The number of nitrogens with zero attached hydrogens (tertiary/aromatic N) is 1. The molecule has 0 spiro atoms. The van der Waals surface area contributed by atoms with Gasteiger partial charge in [0.1, 0.15) is 6.61 Å². The van der Waals surface area contributed by atoms with Crippen molar-refractivity contribution in [3.63, 3.8) is 0 Å². The van der Waals surface area contributed by atoms with Gasteiger partial charge in [0.25, 0.3) is 0 Å². The largest absolute Gasteiger partial charge is 0.460 e. The molecule has 2 aliphatic heterocycles. The molecule has 1 unspecified atom stereocenters. The highest BCUT2D eigenvalue weighted by Crippen LogP contribution is 2.34. The SMILES string of the molecule is CC(O)COC(=O)C1=CC[C@H]2CC[C@H]1N2C. The van der Waals surface area contributed by atoms with Crippen LogP contribution in [0.2, 0.25) is 0 Å². The van der Waals surface area contributed by atoms with Crippen molar-refractivity contribution in [2.24, 2.45) is 0 Å². The number of esters is 1. The summed E-state index contributed by atoms with van der Waals surface area (Å²) in [5.74, 6) is -0.266. The highest BCUT2D eigenvalue weighted by atomic mass is 16.5. The summed E-state index contributed by atoms with van der Waals surface area (Å²) >= 11 is 0. The Hall–Kier alpha value is -0.870. The van der Waals surface area contributed by atoms with Crippen molar-refractivity contribution in [2.45, 2.75) is 44.4 Å². The van der Waals surface area contributed by atoms with Crippen LogP contribution in [-0.2, 0) is 9.53 Å². The number of likely N-dealkylation sites (N-methyl/N-ethyl adjacent to an activating group) is 1. The molecule has 0 aromatic carbocycles. The van der Waals surface area contributed by atoms with Gasteiger partial charge in [0.2, 0.25) is 0 Å². The molecule has 1 saturated heterocycles. The molecule has 1 N–H and O–H groups in total. The Bertz CT molecular complexity index is 311. The van der Waals surface area contributed by atoms with Gasteiger partial charge < -0.3 is 9.84 Å². The lowest BCUT2D eigenvalue weighted by Crippen LogP contribution is -2.39. The average Bonchev–Trinajstić information content (AvgIpc) is 2.51. The van der Waals surface area contributed by atoms with E-state index in [4.69, 9.17) is 9.84 Å². The molecule has 3 atom stereocenters. The minimum absolute atomic E-state index is 0.0794. The Labute approximate surface area is 95.9 Å². The van der Waals surface area contributed by atoms with E-state index in [9.17, 15) is 4.79 Å². The summed E-state index contributed by atoms with van der Waals surface area (Å²) in [4.78, 5) is 14.1. The number of carbonyl (C=O) groups excluding carboxylic acids is 1. The molecule has 2 aliphatic rings.